The normalized spacial score (nSPS) is 16.7. The number of carbonyl (C=O) groups is 2. The van der Waals surface area contributed by atoms with E-state index in [2.05, 4.69) is 10.5 Å². The van der Waals surface area contributed by atoms with Crippen molar-refractivity contribution in [1.82, 2.24) is 10.2 Å². The van der Waals surface area contributed by atoms with Crippen LogP contribution >= 0.6 is 11.6 Å². The molecule has 2 aromatic rings. The highest BCUT2D eigenvalue weighted by molar-refractivity contribution is 6.30. The van der Waals surface area contributed by atoms with Crippen molar-refractivity contribution in [3.05, 3.63) is 64.2 Å². The van der Waals surface area contributed by atoms with Gasteiger partial charge in [0.1, 0.15) is 18.4 Å². The van der Waals surface area contributed by atoms with Gasteiger partial charge in [-0.2, -0.15) is 0 Å². The molecule has 34 heavy (non-hydrogen) atoms. The number of ether oxygens (including phenoxy) is 1. The molecule has 1 saturated heterocycles. The van der Waals surface area contributed by atoms with Crippen LogP contribution < -0.4 is 15.8 Å². The van der Waals surface area contributed by atoms with E-state index in [-0.39, 0.29) is 41.2 Å². The van der Waals surface area contributed by atoms with Crippen LogP contribution in [0.25, 0.3) is 0 Å². The van der Waals surface area contributed by atoms with Crippen molar-refractivity contribution in [2.24, 2.45) is 10.9 Å². The molecule has 0 spiro atoms. The Morgan fingerprint density at radius 3 is 2.56 bits per heavy atom. The molecule has 2 aromatic carbocycles. The van der Waals surface area contributed by atoms with Gasteiger partial charge >= 0.3 is 0 Å². The maximum Gasteiger partial charge on any atom is 0.272 e. The first-order chi connectivity index (χ1) is 16.2. The Morgan fingerprint density at radius 2 is 1.97 bits per heavy atom. The van der Waals surface area contributed by atoms with Gasteiger partial charge in [-0.25, -0.2) is 8.78 Å². The first kappa shape index (κ1) is 25.2. The molecule has 1 aliphatic rings. The molecule has 1 aliphatic heterocycles. The molecule has 9 nitrogen and oxygen atoms in total. The van der Waals surface area contributed by atoms with Gasteiger partial charge in [0.2, 0.25) is 5.91 Å². The van der Waals surface area contributed by atoms with Crippen molar-refractivity contribution >= 4 is 29.3 Å². The van der Waals surface area contributed by atoms with E-state index in [4.69, 9.17) is 27.3 Å². The smallest absolute Gasteiger partial charge is 0.272 e. The van der Waals surface area contributed by atoms with Crippen LogP contribution in [0.2, 0.25) is 5.02 Å². The van der Waals surface area contributed by atoms with Crippen LogP contribution in [0.4, 0.5) is 8.78 Å². The maximum atomic E-state index is 12.8. The van der Waals surface area contributed by atoms with Crippen LogP contribution in [0.1, 0.15) is 29.2 Å². The highest BCUT2D eigenvalue weighted by atomic mass is 35.5. The van der Waals surface area contributed by atoms with E-state index < -0.39 is 31.1 Å². The van der Waals surface area contributed by atoms with Gasteiger partial charge in [0.25, 0.3) is 12.3 Å². The summed E-state index contributed by atoms with van der Waals surface area (Å²) in [6, 6.07) is 9.79. The SMILES string of the molecule is N/C(=N\O)c1ccc(CNC(=O)[C@@H]2CCN2C(=O)[C@H](O)c2cc(Cl)cc(OCC(F)F)c2)cc1. The number of aliphatic hydroxyl groups is 1. The number of likely N-dealkylation sites (tertiary alicyclic amines) is 1. The van der Waals surface area contributed by atoms with Gasteiger partial charge in [-0.1, -0.05) is 41.0 Å². The lowest BCUT2D eigenvalue weighted by Crippen LogP contribution is -2.59. The van der Waals surface area contributed by atoms with E-state index >= 15 is 0 Å². The fraction of sp³-hybridized carbons (Fsp3) is 0.318. The monoisotopic (exact) mass is 496 g/mol. The number of hydrogen-bond donors (Lipinski definition) is 4. The molecule has 182 valence electrons. The number of nitrogens with one attached hydrogen (secondary N) is 1. The Balaban J connectivity index is 1.59. The summed E-state index contributed by atoms with van der Waals surface area (Å²) in [4.78, 5) is 26.6. The molecule has 0 saturated carbocycles. The average molecular weight is 497 g/mol. The Labute approximate surface area is 198 Å². The van der Waals surface area contributed by atoms with E-state index in [1.807, 2.05) is 0 Å². The van der Waals surface area contributed by atoms with Gasteiger partial charge in [-0.05, 0) is 35.7 Å². The summed E-state index contributed by atoms with van der Waals surface area (Å²) in [6.45, 7) is -0.392. The van der Waals surface area contributed by atoms with Crippen molar-refractivity contribution < 1.29 is 33.4 Å². The lowest BCUT2D eigenvalue weighted by molar-refractivity contribution is -0.154. The minimum absolute atomic E-state index is 0.00871. The van der Waals surface area contributed by atoms with Crippen LogP contribution in [-0.2, 0) is 16.1 Å². The Hall–Kier alpha value is -3.44. The number of rotatable bonds is 9. The third-order valence-corrected chi connectivity index (χ3v) is 5.47. The summed E-state index contributed by atoms with van der Waals surface area (Å²) >= 11 is 5.96. The summed E-state index contributed by atoms with van der Waals surface area (Å²) in [5.41, 5.74) is 6.86. The molecule has 3 rings (SSSR count). The summed E-state index contributed by atoms with van der Waals surface area (Å²) in [5, 5.41) is 25.0. The lowest BCUT2D eigenvalue weighted by atomic mass is 9.98. The standard InChI is InChI=1S/C22H23ClF2N4O5/c23-15-7-14(8-16(9-15)34-11-18(24)25)19(30)22(32)29-6-5-17(29)21(31)27-10-12-1-3-13(4-2-12)20(26)28-33/h1-4,7-9,17-19,30,33H,5-6,10-11H2,(H2,26,28)(H,27,31)/t17-,19+/m0/s1. The number of halogens is 3. The molecule has 0 bridgehead atoms. The molecule has 2 amide bonds. The number of aliphatic hydroxyl groups excluding tert-OH is 1. The Bertz CT molecular complexity index is 1070. The van der Waals surface area contributed by atoms with Crippen molar-refractivity contribution in [3.63, 3.8) is 0 Å². The second-order valence-electron chi connectivity index (χ2n) is 7.56. The number of oxime groups is 1. The molecule has 2 atom stereocenters. The zero-order chi connectivity index (χ0) is 24.8. The quantitative estimate of drug-likeness (QED) is 0.181. The molecule has 0 aliphatic carbocycles. The molecular formula is C22H23ClF2N4O5. The average Bonchev–Trinajstić information content (AvgIpc) is 2.79. The number of nitrogens with zero attached hydrogens (tertiary/aromatic N) is 2. The molecular weight excluding hydrogens is 474 g/mol. The highest BCUT2D eigenvalue weighted by Gasteiger charge is 2.40. The number of benzene rings is 2. The first-order valence-electron chi connectivity index (χ1n) is 10.2. The molecule has 1 heterocycles. The number of nitrogens with two attached hydrogens (primary N) is 1. The number of amides is 2. The van der Waals surface area contributed by atoms with Gasteiger partial charge in [0.15, 0.2) is 11.9 Å². The van der Waals surface area contributed by atoms with E-state index in [0.717, 1.165) is 5.56 Å². The van der Waals surface area contributed by atoms with E-state index in [1.54, 1.807) is 24.3 Å². The highest BCUT2D eigenvalue weighted by Crippen LogP contribution is 2.29. The van der Waals surface area contributed by atoms with Crippen LogP contribution in [0.15, 0.2) is 47.6 Å². The zero-order valence-electron chi connectivity index (χ0n) is 17.8. The molecule has 5 N–H and O–H groups in total. The Morgan fingerprint density at radius 1 is 1.26 bits per heavy atom. The second kappa shape index (κ2) is 11.1. The topological polar surface area (TPSA) is 137 Å². The summed E-state index contributed by atoms with van der Waals surface area (Å²) in [5.74, 6) is -1.15. The molecule has 0 unspecified atom stereocenters. The molecule has 12 heteroatoms. The maximum absolute atomic E-state index is 12.8. The third kappa shape index (κ3) is 6.12. The third-order valence-electron chi connectivity index (χ3n) is 5.25. The van der Waals surface area contributed by atoms with Crippen molar-refractivity contribution in [2.45, 2.75) is 31.5 Å². The number of alkyl halides is 2. The van der Waals surface area contributed by atoms with Gasteiger partial charge < -0.3 is 31.0 Å². The van der Waals surface area contributed by atoms with Crippen molar-refractivity contribution in [2.75, 3.05) is 13.2 Å². The van der Waals surface area contributed by atoms with Crippen LogP contribution in [-0.4, -0.2) is 58.5 Å². The first-order valence-corrected chi connectivity index (χ1v) is 10.6. The summed E-state index contributed by atoms with van der Waals surface area (Å²) in [6.07, 6.45) is -3.92. The van der Waals surface area contributed by atoms with Crippen LogP contribution in [0.5, 0.6) is 5.75 Å². The van der Waals surface area contributed by atoms with Gasteiger partial charge in [-0.15, -0.1) is 0 Å². The van der Waals surface area contributed by atoms with Crippen molar-refractivity contribution in [3.8, 4) is 5.75 Å². The summed E-state index contributed by atoms with van der Waals surface area (Å²) < 4.78 is 29.7. The van der Waals surface area contributed by atoms with Crippen LogP contribution in [0, 0.1) is 0 Å². The minimum Gasteiger partial charge on any atom is -0.488 e. The predicted molar refractivity (Wildman–Crippen MR) is 119 cm³/mol. The largest absolute Gasteiger partial charge is 0.488 e. The zero-order valence-corrected chi connectivity index (χ0v) is 18.6. The molecule has 1 fully saturated rings. The lowest BCUT2D eigenvalue weighted by Gasteiger charge is -2.40. The van der Waals surface area contributed by atoms with E-state index in [1.165, 1.54) is 23.1 Å². The Kier molecular flexibility index (Phi) is 8.24. The number of amidine groups is 1. The van der Waals surface area contributed by atoms with Gasteiger partial charge in [0, 0.05) is 23.7 Å². The van der Waals surface area contributed by atoms with Gasteiger partial charge in [0.05, 0.1) is 0 Å². The van der Waals surface area contributed by atoms with E-state index in [0.29, 0.717) is 12.0 Å². The van der Waals surface area contributed by atoms with Gasteiger partial charge in [-0.3, -0.25) is 9.59 Å². The van der Waals surface area contributed by atoms with Crippen LogP contribution in [0.3, 0.4) is 0 Å². The van der Waals surface area contributed by atoms with Crippen molar-refractivity contribution in [1.29, 1.82) is 0 Å². The molecule has 0 radical (unpaired) electrons. The minimum atomic E-state index is -2.69. The fourth-order valence-electron chi connectivity index (χ4n) is 3.37. The fourth-order valence-corrected chi connectivity index (χ4v) is 3.60. The number of hydrogen-bond acceptors (Lipinski definition) is 6. The second-order valence-corrected chi connectivity index (χ2v) is 8.00. The predicted octanol–water partition coefficient (Wildman–Crippen LogP) is 2.03. The summed E-state index contributed by atoms with van der Waals surface area (Å²) in [7, 11) is 0. The number of carbonyl (C=O) groups excluding carboxylic acids is 2. The van der Waals surface area contributed by atoms with E-state index in [9.17, 15) is 23.5 Å². The molecule has 0 aromatic heterocycles.